The molecule has 0 bridgehead atoms. The van der Waals surface area contributed by atoms with E-state index in [4.69, 9.17) is 26.2 Å². The summed E-state index contributed by atoms with van der Waals surface area (Å²) in [6, 6.07) is 0. The molecule has 2 heterocycles. The largest absolute Gasteiger partial charge is 0.396 e. The van der Waals surface area contributed by atoms with Gasteiger partial charge in [0.15, 0.2) is 5.79 Å². The van der Waals surface area contributed by atoms with E-state index in [-0.39, 0.29) is 36.8 Å². The molecule has 208 valence electrons. The van der Waals surface area contributed by atoms with Crippen LogP contribution in [0.15, 0.2) is 35.9 Å². The lowest BCUT2D eigenvalue weighted by Gasteiger charge is -2.50. The lowest BCUT2D eigenvalue weighted by atomic mass is 9.78. The molecule has 0 aromatic heterocycles. The third-order valence-corrected chi connectivity index (χ3v) is 7.45. The Hall–Kier alpha value is -0.850. The molecule has 0 aromatic rings. The van der Waals surface area contributed by atoms with Crippen LogP contribution in [0, 0.1) is 11.8 Å². The lowest BCUT2D eigenvalue weighted by molar-refractivity contribution is -0.350. The van der Waals surface area contributed by atoms with E-state index >= 15 is 0 Å². The predicted octanol–water partition coefficient (Wildman–Crippen LogP) is 1.12. The normalized spacial score (nSPS) is 39.2. The monoisotopic (exact) mass is 534 g/mol. The van der Waals surface area contributed by atoms with Gasteiger partial charge in [0, 0.05) is 29.9 Å². The SMILES string of the molecule is C=C(Cl)/C=C/[C@@H](O)CC(=C)C[C@H]1O[C@@H](C(O)[C@@]2(O)C[C@H](O)[C@@H](C)[C@@H](CCCCO)O2)[C@H](C)[C@@H](O)[C@@H]1O. The minimum absolute atomic E-state index is 0.0200. The first-order valence-corrected chi connectivity index (χ1v) is 12.9. The third kappa shape index (κ3) is 8.07. The summed E-state index contributed by atoms with van der Waals surface area (Å²) in [6.07, 6.45) is -4.08. The zero-order chi connectivity index (χ0) is 27.2. The van der Waals surface area contributed by atoms with Crippen molar-refractivity contribution in [2.75, 3.05) is 6.61 Å². The van der Waals surface area contributed by atoms with Gasteiger partial charge in [0.1, 0.15) is 12.2 Å². The van der Waals surface area contributed by atoms with E-state index in [1.165, 1.54) is 12.2 Å². The molecule has 2 aliphatic rings. The Labute approximate surface area is 218 Å². The quantitative estimate of drug-likeness (QED) is 0.110. The van der Waals surface area contributed by atoms with Crippen LogP contribution in [0.1, 0.15) is 52.4 Å². The fourth-order valence-corrected chi connectivity index (χ4v) is 5.06. The first kappa shape index (κ1) is 31.4. The molecule has 1 unspecified atom stereocenters. The maximum atomic E-state index is 11.3. The van der Waals surface area contributed by atoms with Crippen LogP contribution in [-0.4, -0.2) is 97.0 Å². The second-order valence-electron chi connectivity index (χ2n) is 10.3. The van der Waals surface area contributed by atoms with Gasteiger partial charge in [-0.15, -0.1) is 0 Å². The number of unbranched alkanes of at least 4 members (excludes halogenated alkanes) is 1. The molecule has 11 atom stereocenters. The summed E-state index contributed by atoms with van der Waals surface area (Å²) in [4.78, 5) is 0. The minimum atomic E-state index is -2.14. The lowest BCUT2D eigenvalue weighted by Crippen LogP contribution is -2.65. The van der Waals surface area contributed by atoms with E-state index in [0.717, 1.165) is 0 Å². The number of hydrogen-bond acceptors (Lipinski definition) is 9. The van der Waals surface area contributed by atoms with E-state index in [0.29, 0.717) is 24.8 Å². The van der Waals surface area contributed by atoms with Crippen molar-refractivity contribution < 1.29 is 45.2 Å². The molecule has 0 amide bonds. The Kier molecular flexibility index (Phi) is 12.0. The molecule has 2 aliphatic heterocycles. The van der Waals surface area contributed by atoms with E-state index in [1.807, 2.05) is 0 Å². The fraction of sp³-hybridized carbons (Fsp3) is 0.769. The average Bonchev–Trinajstić information content (AvgIpc) is 2.80. The van der Waals surface area contributed by atoms with E-state index in [9.17, 15) is 30.6 Å². The van der Waals surface area contributed by atoms with Crippen molar-refractivity contribution in [1.82, 2.24) is 0 Å². The zero-order valence-electron chi connectivity index (χ0n) is 21.1. The van der Waals surface area contributed by atoms with Gasteiger partial charge in [-0.3, -0.25) is 0 Å². The Bertz CT molecular complexity index is 762. The Morgan fingerprint density at radius 1 is 1.08 bits per heavy atom. The molecule has 0 radical (unpaired) electrons. The number of halogens is 1. The maximum absolute atomic E-state index is 11.3. The second-order valence-corrected chi connectivity index (χ2v) is 10.8. The summed E-state index contributed by atoms with van der Waals surface area (Å²) >= 11 is 5.67. The van der Waals surface area contributed by atoms with Gasteiger partial charge in [-0.05, 0) is 38.2 Å². The number of aliphatic hydroxyl groups is 7. The van der Waals surface area contributed by atoms with Gasteiger partial charge in [0.25, 0.3) is 0 Å². The highest BCUT2D eigenvalue weighted by Gasteiger charge is 2.55. The number of ether oxygens (including phenoxy) is 2. The molecular weight excluding hydrogens is 492 g/mol. The zero-order valence-corrected chi connectivity index (χ0v) is 21.9. The van der Waals surface area contributed by atoms with Gasteiger partial charge in [-0.1, -0.05) is 50.3 Å². The molecule has 0 spiro atoms. The van der Waals surface area contributed by atoms with Gasteiger partial charge in [0.2, 0.25) is 0 Å². The molecule has 7 N–H and O–H groups in total. The summed E-state index contributed by atoms with van der Waals surface area (Å²) in [6.45, 7) is 10.8. The summed E-state index contributed by atoms with van der Waals surface area (Å²) in [5, 5.41) is 73.9. The van der Waals surface area contributed by atoms with Crippen LogP contribution in [0.25, 0.3) is 0 Å². The number of hydrogen-bond donors (Lipinski definition) is 7. The number of aliphatic hydroxyl groups excluding tert-OH is 6. The first-order valence-electron chi connectivity index (χ1n) is 12.6. The molecule has 10 heteroatoms. The molecule has 9 nitrogen and oxygen atoms in total. The predicted molar refractivity (Wildman–Crippen MR) is 135 cm³/mol. The summed E-state index contributed by atoms with van der Waals surface area (Å²) in [5.41, 5.74) is 0.534. The van der Waals surface area contributed by atoms with E-state index < -0.39 is 60.5 Å². The smallest absolute Gasteiger partial charge is 0.197 e. The highest BCUT2D eigenvalue weighted by molar-refractivity contribution is 6.30. The summed E-state index contributed by atoms with van der Waals surface area (Å²) in [7, 11) is 0. The molecule has 2 saturated heterocycles. The third-order valence-electron chi connectivity index (χ3n) is 7.33. The summed E-state index contributed by atoms with van der Waals surface area (Å²) < 4.78 is 11.9. The molecule has 0 saturated carbocycles. The summed E-state index contributed by atoms with van der Waals surface area (Å²) in [5.74, 6) is -3.19. The average molecular weight is 535 g/mol. The Morgan fingerprint density at radius 2 is 1.75 bits per heavy atom. The highest BCUT2D eigenvalue weighted by Crippen LogP contribution is 2.40. The maximum Gasteiger partial charge on any atom is 0.197 e. The van der Waals surface area contributed by atoms with Crippen LogP contribution in [0.3, 0.4) is 0 Å². The standard InChI is InChI=1S/C26H43ClO9/c1-14(11-18(29)9-8-15(2)27)12-21-23(32)22(31)17(4)24(35-21)25(33)26(34)13-19(30)16(3)20(36-26)7-5-6-10-28/h8-9,16-25,28-34H,1-2,5-7,10-13H2,3-4H3/b9-8+/t16-,17-,18-,19+,20-,21-,22-,23-,24-,25?,26-/m1/s1. The van der Waals surface area contributed by atoms with Crippen LogP contribution in [0.4, 0.5) is 0 Å². The minimum Gasteiger partial charge on any atom is -0.396 e. The van der Waals surface area contributed by atoms with Crippen LogP contribution in [-0.2, 0) is 9.47 Å². The van der Waals surface area contributed by atoms with E-state index in [2.05, 4.69) is 13.2 Å². The molecule has 0 aliphatic carbocycles. The fourth-order valence-electron chi connectivity index (χ4n) is 4.99. The molecule has 36 heavy (non-hydrogen) atoms. The molecule has 2 fully saturated rings. The van der Waals surface area contributed by atoms with Crippen molar-refractivity contribution in [3.63, 3.8) is 0 Å². The van der Waals surface area contributed by atoms with Gasteiger partial charge in [0.05, 0.1) is 36.6 Å². The van der Waals surface area contributed by atoms with Crippen molar-refractivity contribution in [3.8, 4) is 0 Å². The van der Waals surface area contributed by atoms with Crippen molar-refractivity contribution in [2.45, 2.75) is 107 Å². The van der Waals surface area contributed by atoms with Crippen molar-refractivity contribution in [1.29, 1.82) is 0 Å². The van der Waals surface area contributed by atoms with Gasteiger partial charge in [-0.25, -0.2) is 0 Å². The van der Waals surface area contributed by atoms with Crippen molar-refractivity contribution >= 4 is 11.6 Å². The van der Waals surface area contributed by atoms with Crippen LogP contribution >= 0.6 is 11.6 Å². The van der Waals surface area contributed by atoms with Crippen molar-refractivity contribution in [2.24, 2.45) is 11.8 Å². The van der Waals surface area contributed by atoms with Crippen LogP contribution in [0.2, 0.25) is 0 Å². The molecular formula is C26H43ClO9. The second kappa shape index (κ2) is 13.8. The van der Waals surface area contributed by atoms with Gasteiger partial charge < -0.3 is 45.2 Å². The number of allylic oxidation sites excluding steroid dienone is 2. The van der Waals surface area contributed by atoms with Crippen LogP contribution < -0.4 is 0 Å². The molecule has 2 rings (SSSR count). The topological polar surface area (TPSA) is 160 Å². The van der Waals surface area contributed by atoms with Gasteiger partial charge >= 0.3 is 0 Å². The van der Waals surface area contributed by atoms with Crippen molar-refractivity contribution in [3.05, 3.63) is 35.9 Å². The van der Waals surface area contributed by atoms with E-state index in [1.54, 1.807) is 13.8 Å². The number of rotatable bonds is 12. The highest BCUT2D eigenvalue weighted by atomic mass is 35.5. The first-order chi connectivity index (χ1) is 16.8. The Balaban J connectivity index is 2.13. The molecule has 0 aromatic carbocycles. The Morgan fingerprint density at radius 3 is 2.36 bits per heavy atom. The van der Waals surface area contributed by atoms with Crippen LogP contribution in [0.5, 0.6) is 0 Å². The van der Waals surface area contributed by atoms with Gasteiger partial charge in [-0.2, -0.15) is 0 Å².